The number of carbonyl (C=O) groups excluding carboxylic acids is 4. The van der Waals surface area contributed by atoms with Crippen molar-refractivity contribution in [1.82, 2.24) is 0 Å². The number of phosphoric acid groups is 2. The Morgan fingerprint density at radius 2 is 0.500 bits per heavy atom. The molecule has 0 fully saturated rings. The number of hydrogen-bond acceptors (Lipinski definition) is 15. The molecule has 0 aliphatic carbocycles. The van der Waals surface area contributed by atoms with Crippen LogP contribution in [-0.2, 0) is 65.4 Å². The zero-order chi connectivity index (χ0) is 59.1. The Labute approximate surface area is 486 Å². The zero-order valence-electron chi connectivity index (χ0n) is 51.0. The molecule has 17 nitrogen and oxygen atoms in total. The highest BCUT2D eigenvalue weighted by Crippen LogP contribution is 2.45. The van der Waals surface area contributed by atoms with Gasteiger partial charge < -0.3 is 33.8 Å². The lowest BCUT2D eigenvalue weighted by molar-refractivity contribution is -0.161. The van der Waals surface area contributed by atoms with Crippen molar-refractivity contribution >= 4 is 39.5 Å². The third kappa shape index (κ3) is 55.3. The number of carbonyl (C=O) groups is 4. The molecule has 5 atom stereocenters. The summed E-state index contributed by atoms with van der Waals surface area (Å²) in [6.07, 6.45) is 40.7. The Morgan fingerprint density at radius 3 is 0.738 bits per heavy atom. The van der Waals surface area contributed by atoms with Crippen LogP contribution in [0.5, 0.6) is 0 Å². The molecule has 2 unspecified atom stereocenters. The van der Waals surface area contributed by atoms with E-state index in [1.807, 2.05) is 0 Å². The van der Waals surface area contributed by atoms with Crippen molar-refractivity contribution in [2.45, 2.75) is 329 Å². The molecule has 0 saturated heterocycles. The molecule has 0 heterocycles. The van der Waals surface area contributed by atoms with Crippen molar-refractivity contribution in [3.63, 3.8) is 0 Å². The Hall–Kier alpha value is -1.94. The van der Waals surface area contributed by atoms with Crippen LogP contribution >= 0.6 is 15.6 Å². The fourth-order valence-electron chi connectivity index (χ4n) is 9.10. The molecule has 3 N–H and O–H groups in total. The minimum Gasteiger partial charge on any atom is -0.462 e. The Balaban J connectivity index is 5.12. The van der Waals surface area contributed by atoms with Crippen molar-refractivity contribution in [2.24, 2.45) is 0 Å². The van der Waals surface area contributed by atoms with E-state index in [1.54, 1.807) is 0 Å². The molecule has 0 spiro atoms. The zero-order valence-corrected chi connectivity index (χ0v) is 52.8. The number of phosphoric ester groups is 2. The summed E-state index contributed by atoms with van der Waals surface area (Å²) in [7, 11) is -9.87. The summed E-state index contributed by atoms with van der Waals surface area (Å²) >= 11 is 0. The lowest BCUT2D eigenvalue weighted by Crippen LogP contribution is -2.30. The predicted molar refractivity (Wildman–Crippen MR) is 317 cm³/mol. The van der Waals surface area contributed by atoms with Gasteiger partial charge in [0.15, 0.2) is 12.2 Å². The number of unbranched alkanes of at least 4 members (excludes halogenated alkanes) is 36. The average molecular weight is 1190 g/mol. The van der Waals surface area contributed by atoms with Crippen molar-refractivity contribution in [3.05, 3.63) is 0 Å². The second-order valence-electron chi connectivity index (χ2n) is 22.1. The minimum absolute atomic E-state index is 0.105. The van der Waals surface area contributed by atoms with Gasteiger partial charge in [-0.15, -0.1) is 0 Å². The highest BCUT2D eigenvalue weighted by Gasteiger charge is 2.30. The van der Waals surface area contributed by atoms with Crippen LogP contribution in [0.15, 0.2) is 0 Å². The van der Waals surface area contributed by atoms with Crippen LogP contribution in [-0.4, -0.2) is 96.7 Å². The third-order valence-electron chi connectivity index (χ3n) is 14.1. The van der Waals surface area contributed by atoms with Gasteiger partial charge >= 0.3 is 39.5 Å². The van der Waals surface area contributed by atoms with Crippen LogP contribution in [0, 0.1) is 0 Å². The first-order chi connectivity index (χ1) is 38.7. The molecule has 80 heavy (non-hydrogen) atoms. The van der Waals surface area contributed by atoms with Crippen LogP contribution in [0.4, 0.5) is 0 Å². The predicted octanol–water partition coefficient (Wildman–Crippen LogP) is 16.8. The normalized spacial score (nSPS) is 14.2. The quantitative estimate of drug-likeness (QED) is 0.0222. The van der Waals surface area contributed by atoms with Gasteiger partial charge in [0, 0.05) is 25.7 Å². The summed E-state index contributed by atoms with van der Waals surface area (Å²) < 4.78 is 67.6. The first-order valence-corrected chi connectivity index (χ1v) is 35.3. The van der Waals surface area contributed by atoms with Crippen LogP contribution in [0.3, 0.4) is 0 Å². The van der Waals surface area contributed by atoms with E-state index in [0.29, 0.717) is 25.7 Å². The van der Waals surface area contributed by atoms with Gasteiger partial charge in [0.2, 0.25) is 0 Å². The molecule has 474 valence electrons. The van der Waals surface area contributed by atoms with E-state index in [1.165, 1.54) is 135 Å². The SMILES string of the molecule is CCCCCCCCCCCCCCCCCCCC(=O)O[C@H](COC(=O)CCCCCCCCCCC)COP(=O)(O)OC[C@@H](O)COP(=O)(O)OC[C@@H](COC(=O)CCCCCCC)OC(=O)CCCCCCCCCCC. The molecule has 0 aromatic heterocycles. The molecular formula is C61H118O17P2. The summed E-state index contributed by atoms with van der Waals surface area (Å²) in [4.78, 5) is 71.7. The highest BCUT2D eigenvalue weighted by atomic mass is 31.2. The molecule has 0 bridgehead atoms. The lowest BCUT2D eigenvalue weighted by Gasteiger charge is -2.21. The van der Waals surface area contributed by atoms with E-state index in [0.717, 1.165) is 96.3 Å². The number of hydrogen-bond donors (Lipinski definition) is 3. The van der Waals surface area contributed by atoms with Gasteiger partial charge in [-0.05, 0) is 25.7 Å². The van der Waals surface area contributed by atoms with Crippen molar-refractivity contribution in [1.29, 1.82) is 0 Å². The van der Waals surface area contributed by atoms with Gasteiger partial charge in [-0.25, -0.2) is 9.13 Å². The lowest BCUT2D eigenvalue weighted by atomic mass is 10.0. The van der Waals surface area contributed by atoms with E-state index in [4.69, 9.17) is 37.0 Å². The smallest absolute Gasteiger partial charge is 0.462 e. The number of aliphatic hydroxyl groups is 1. The molecule has 0 amide bonds. The largest absolute Gasteiger partial charge is 0.472 e. The molecule has 0 saturated carbocycles. The van der Waals surface area contributed by atoms with Crippen molar-refractivity contribution in [3.8, 4) is 0 Å². The van der Waals surface area contributed by atoms with E-state index in [9.17, 15) is 43.2 Å². The summed E-state index contributed by atoms with van der Waals surface area (Å²) in [5.74, 6) is -2.15. The fourth-order valence-corrected chi connectivity index (χ4v) is 10.7. The molecule has 0 aliphatic heterocycles. The van der Waals surface area contributed by atoms with E-state index in [-0.39, 0.29) is 25.7 Å². The molecular weight excluding hydrogens is 1070 g/mol. The summed E-state index contributed by atoms with van der Waals surface area (Å²) in [6, 6.07) is 0. The van der Waals surface area contributed by atoms with E-state index < -0.39 is 97.5 Å². The van der Waals surface area contributed by atoms with Gasteiger partial charge in [0.1, 0.15) is 19.3 Å². The summed E-state index contributed by atoms with van der Waals surface area (Å²) in [6.45, 7) is 4.76. The Kier molecular flexibility index (Phi) is 54.8. The average Bonchev–Trinajstić information content (AvgIpc) is 3.43. The summed E-state index contributed by atoms with van der Waals surface area (Å²) in [5.41, 5.74) is 0. The first-order valence-electron chi connectivity index (χ1n) is 32.3. The monoisotopic (exact) mass is 1180 g/mol. The topological polar surface area (TPSA) is 237 Å². The standard InChI is InChI=1S/C61H118O17P2/c1-5-9-13-17-20-23-24-25-26-27-28-29-30-33-36-40-44-48-61(66)78-57(52-72-59(64)46-42-38-34-31-21-18-14-10-6-2)54-76-80(69,70)74-50-55(62)49-73-79(67,68)75-53-56(51-71-58(63)45-41-37-16-12-8-4)77-60(65)47-43-39-35-32-22-19-15-11-7-3/h55-57,62H,5-54H2,1-4H3,(H,67,68)(H,69,70)/t55-,56+,57+/m0/s1. The number of rotatable bonds is 62. The maximum atomic E-state index is 12.9. The molecule has 0 aromatic rings. The van der Waals surface area contributed by atoms with Crippen LogP contribution in [0.1, 0.15) is 310 Å². The maximum Gasteiger partial charge on any atom is 0.472 e. The van der Waals surface area contributed by atoms with Gasteiger partial charge in [-0.2, -0.15) is 0 Å². The second-order valence-corrected chi connectivity index (χ2v) is 25.0. The van der Waals surface area contributed by atoms with Crippen LogP contribution in [0.2, 0.25) is 0 Å². The number of aliphatic hydroxyl groups excluding tert-OH is 1. The molecule has 0 aromatic carbocycles. The Morgan fingerprint density at radius 1 is 0.300 bits per heavy atom. The maximum absolute atomic E-state index is 12.9. The van der Waals surface area contributed by atoms with Crippen molar-refractivity contribution < 1.29 is 80.2 Å². The Bertz CT molecular complexity index is 1550. The number of esters is 4. The second kappa shape index (κ2) is 56.2. The van der Waals surface area contributed by atoms with Gasteiger partial charge in [0.25, 0.3) is 0 Å². The van der Waals surface area contributed by atoms with Gasteiger partial charge in [0.05, 0.1) is 26.4 Å². The van der Waals surface area contributed by atoms with Gasteiger partial charge in [-0.1, -0.05) is 259 Å². The minimum atomic E-state index is -4.94. The summed E-state index contributed by atoms with van der Waals surface area (Å²) in [5, 5.41) is 10.5. The van der Waals surface area contributed by atoms with Gasteiger partial charge in [-0.3, -0.25) is 37.3 Å². The molecule has 19 heteroatoms. The number of ether oxygens (including phenoxy) is 4. The van der Waals surface area contributed by atoms with Crippen LogP contribution in [0.25, 0.3) is 0 Å². The molecule has 0 aliphatic rings. The molecule has 0 radical (unpaired) electrons. The van der Waals surface area contributed by atoms with Crippen molar-refractivity contribution in [2.75, 3.05) is 39.6 Å². The third-order valence-corrected chi connectivity index (χ3v) is 16.0. The first kappa shape index (κ1) is 78.1. The van der Waals surface area contributed by atoms with E-state index >= 15 is 0 Å². The van der Waals surface area contributed by atoms with E-state index in [2.05, 4.69) is 27.7 Å². The van der Waals surface area contributed by atoms with Crippen LogP contribution < -0.4 is 0 Å². The fraction of sp³-hybridized carbons (Fsp3) is 0.934. The highest BCUT2D eigenvalue weighted by molar-refractivity contribution is 7.47. The molecule has 0 rings (SSSR count).